The third-order valence-electron chi connectivity index (χ3n) is 2.69. The molecule has 1 amide bonds. The minimum absolute atomic E-state index is 0. The molecule has 0 bridgehead atoms. The van der Waals surface area contributed by atoms with Gasteiger partial charge in [0.1, 0.15) is 0 Å². The van der Waals surface area contributed by atoms with Gasteiger partial charge in [-0.3, -0.25) is 9.69 Å². The number of amides is 1. The van der Waals surface area contributed by atoms with Crippen molar-refractivity contribution in [3.8, 4) is 0 Å². The van der Waals surface area contributed by atoms with Crippen molar-refractivity contribution in [1.29, 1.82) is 0 Å². The molecule has 0 spiro atoms. The Kier molecular flexibility index (Phi) is 7.58. The molecule has 1 fully saturated rings. The molecule has 0 saturated carbocycles. The summed E-state index contributed by atoms with van der Waals surface area (Å²) < 4.78 is 24.4. The molecule has 0 aromatic carbocycles. The van der Waals surface area contributed by atoms with E-state index in [1.807, 2.05) is 0 Å². The van der Waals surface area contributed by atoms with Crippen LogP contribution in [0.1, 0.15) is 13.3 Å². The first-order chi connectivity index (χ1) is 7.50. The monoisotopic (exact) mass is 271 g/mol. The number of alkyl halides is 2. The lowest BCUT2D eigenvalue weighted by atomic mass is 10.3. The molecule has 0 unspecified atom stereocenters. The Morgan fingerprint density at radius 3 is 2.47 bits per heavy atom. The van der Waals surface area contributed by atoms with Crippen molar-refractivity contribution in [1.82, 2.24) is 9.80 Å². The van der Waals surface area contributed by atoms with Crippen LogP contribution in [-0.2, 0) is 4.79 Å². The summed E-state index contributed by atoms with van der Waals surface area (Å²) in [6, 6.07) is -0.512. The molecule has 1 heterocycles. The molecule has 1 saturated heterocycles. The minimum Gasteiger partial charge on any atom is -0.340 e. The first kappa shape index (κ1) is 16.5. The summed E-state index contributed by atoms with van der Waals surface area (Å²) in [5.74, 6) is -0.0982. The van der Waals surface area contributed by atoms with Crippen LogP contribution in [0.4, 0.5) is 8.78 Å². The highest BCUT2D eigenvalue weighted by atomic mass is 35.5. The standard InChI is InChI=1S/C10H19F2N3O.ClH/c1-8(13)10(16)15-4-2-3-14(5-6-15)7-9(11)12;/h8-9H,2-7,13H2,1H3;1H/t8-;/m1./s1. The molecule has 2 N–H and O–H groups in total. The van der Waals surface area contributed by atoms with Gasteiger partial charge in [-0.1, -0.05) is 0 Å². The molecule has 0 aromatic rings. The van der Waals surface area contributed by atoms with E-state index in [9.17, 15) is 13.6 Å². The molecule has 0 aromatic heterocycles. The molecule has 1 rings (SSSR count). The molecule has 0 radical (unpaired) electrons. The minimum atomic E-state index is -2.31. The Morgan fingerprint density at radius 2 is 1.94 bits per heavy atom. The second-order valence-electron chi connectivity index (χ2n) is 4.16. The summed E-state index contributed by atoms with van der Waals surface area (Å²) in [6.45, 7) is 3.66. The van der Waals surface area contributed by atoms with Gasteiger partial charge in [-0.25, -0.2) is 8.78 Å². The maximum Gasteiger partial charge on any atom is 0.251 e. The van der Waals surface area contributed by atoms with Crippen molar-refractivity contribution in [2.45, 2.75) is 25.8 Å². The highest BCUT2D eigenvalue weighted by Crippen LogP contribution is 2.06. The zero-order chi connectivity index (χ0) is 12.1. The predicted molar refractivity (Wildman–Crippen MR) is 64.5 cm³/mol. The second-order valence-corrected chi connectivity index (χ2v) is 4.16. The average Bonchev–Trinajstić information content (AvgIpc) is 2.41. The third kappa shape index (κ3) is 5.61. The van der Waals surface area contributed by atoms with Gasteiger partial charge < -0.3 is 10.6 Å². The SMILES string of the molecule is C[C@@H](N)C(=O)N1CCCN(CC(F)F)CC1.Cl. The lowest BCUT2D eigenvalue weighted by Gasteiger charge is -2.23. The van der Waals surface area contributed by atoms with E-state index < -0.39 is 12.5 Å². The molecule has 1 aliphatic rings. The van der Waals surface area contributed by atoms with Crippen molar-refractivity contribution < 1.29 is 13.6 Å². The number of nitrogens with two attached hydrogens (primary N) is 1. The summed E-state index contributed by atoms with van der Waals surface area (Å²) in [5.41, 5.74) is 5.51. The van der Waals surface area contributed by atoms with Gasteiger partial charge in [-0.2, -0.15) is 0 Å². The molecule has 1 atom stereocenters. The maximum atomic E-state index is 12.2. The van der Waals surface area contributed by atoms with E-state index in [0.29, 0.717) is 26.2 Å². The lowest BCUT2D eigenvalue weighted by Crippen LogP contribution is -2.44. The number of rotatable bonds is 3. The van der Waals surface area contributed by atoms with E-state index in [2.05, 4.69) is 0 Å². The zero-order valence-corrected chi connectivity index (χ0v) is 10.8. The molecule has 0 aliphatic carbocycles. The Balaban J connectivity index is 0.00000256. The average molecular weight is 272 g/mol. The first-order valence-electron chi connectivity index (χ1n) is 5.55. The summed E-state index contributed by atoms with van der Waals surface area (Å²) in [7, 11) is 0. The number of carbonyl (C=O) groups is 1. The summed E-state index contributed by atoms with van der Waals surface area (Å²) in [4.78, 5) is 15.0. The van der Waals surface area contributed by atoms with Crippen LogP contribution in [0.15, 0.2) is 0 Å². The van der Waals surface area contributed by atoms with Crippen molar-refractivity contribution in [2.24, 2.45) is 5.73 Å². The number of hydrogen-bond donors (Lipinski definition) is 1. The van der Waals surface area contributed by atoms with Gasteiger partial charge in [0, 0.05) is 26.2 Å². The van der Waals surface area contributed by atoms with E-state index >= 15 is 0 Å². The quantitative estimate of drug-likeness (QED) is 0.816. The fourth-order valence-electron chi connectivity index (χ4n) is 1.86. The largest absolute Gasteiger partial charge is 0.340 e. The van der Waals surface area contributed by atoms with Crippen molar-refractivity contribution >= 4 is 18.3 Å². The van der Waals surface area contributed by atoms with E-state index in [1.165, 1.54) is 0 Å². The number of nitrogens with zero attached hydrogens (tertiary/aromatic N) is 2. The van der Waals surface area contributed by atoms with Gasteiger partial charge in [0.2, 0.25) is 5.91 Å². The number of halogens is 3. The van der Waals surface area contributed by atoms with Crippen LogP contribution >= 0.6 is 12.4 Å². The Bertz CT molecular complexity index is 242. The van der Waals surface area contributed by atoms with Crippen molar-refractivity contribution in [3.05, 3.63) is 0 Å². The van der Waals surface area contributed by atoms with E-state index in [1.54, 1.807) is 16.7 Å². The molecule has 7 heteroatoms. The topological polar surface area (TPSA) is 49.6 Å². The summed E-state index contributed by atoms with van der Waals surface area (Å²) in [6.07, 6.45) is -1.58. The van der Waals surface area contributed by atoms with Gasteiger partial charge in [0.15, 0.2) is 0 Å². The Hall–Kier alpha value is -0.460. The molecule has 4 nitrogen and oxygen atoms in total. The fourth-order valence-corrected chi connectivity index (χ4v) is 1.86. The number of carbonyl (C=O) groups excluding carboxylic acids is 1. The second kappa shape index (κ2) is 7.79. The van der Waals surface area contributed by atoms with E-state index in [-0.39, 0.29) is 24.9 Å². The highest BCUT2D eigenvalue weighted by Gasteiger charge is 2.22. The van der Waals surface area contributed by atoms with Crippen LogP contribution in [0.5, 0.6) is 0 Å². The smallest absolute Gasteiger partial charge is 0.251 e. The lowest BCUT2D eigenvalue weighted by molar-refractivity contribution is -0.132. The fraction of sp³-hybridized carbons (Fsp3) is 0.900. The van der Waals surface area contributed by atoms with Crippen LogP contribution in [-0.4, -0.2) is 60.9 Å². The van der Waals surface area contributed by atoms with Crippen molar-refractivity contribution in [3.63, 3.8) is 0 Å². The maximum absolute atomic E-state index is 12.2. The van der Waals surface area contributed by atoms with Crippen LogP contribution in [0.3, 0.4) is 0 Å². The predicted octanol–water partition coefficient (Wildman–Crippen LogP) is 0.555. The van der Waals surface area contributed by atoms with Gasteiger partial charge in [-0.05, 0) is 13.3 Å². The van der Waals surface area contributed by atoms with Gasteiger partial charge in [-0.15, -0.1) is 12.4 Å². The van der Waals surface area contributed by atoms with Crippen LogP contribution < -0.4 is 5.73 Å². The highest BCUT2D eigenvalue weighted by molar-refractivity contribution is 5.85. The number of hydrogen-bond acceptors (Lipinski definition) is 3. The van der Waals surface area contributed by atoms with E-state index in [4.69, 9.17) is 5.73 Å². The van der Waals surface area contributed by atoms with Crippen LogP contribution in [0, 0.1) is 0 Å². The molecule has 1 aliphatic heterocycles. The Morgan fingerprint density at radius 1 is 1.29 bits per heavy atom. The third-order valence-corrected chi connectivity index (χ3v) is 2.69. The summed E-state index contributed by atoms with van der Waals surface area (Å²) >= 11 is 0. The molecule has 17 heavy (non-hydrogen) atoms. The molecular formula is C10H20ClF2N3O. The van der Waals surface area contributed by atoms with Crippen LogP contribution in [0.25, 0.3) is 0 Å². The normalized spacial score (nSPS) is 19.7. The van der Waals surface area contributed by atoms with Crippen LogP contribution in [0.2, 0.25) is 0 Å². The molecule has 102 valence electrons. The zero-order valence-electron chi connectivity index (χ0n) is 9.94. The molecular weight excluding hydrogens is 252 g/mol. The van der Waals surface area contributed by atoms with Gasteiger partial charge in [0.25, 0.3) is 6.43 Å². The van der Waals surface area contributed by atoms with Gasteiger partial charge >= 0.3 is 0 Å². The summed E-state index contributed by atoms with van der Waals surface area (Å²) in [5, 5.41) is 0. The van der Waals surface area contributed by atoms with Crippen molar-refractivity contribution in [2.75, 3.05) is 32.7 Å². The first-order valence-corrected chi connectivity index (χ1v) is 5.55. The van der Waals surface area contributed by atoms with Gasteiger partial charge in [0.05, 0.1) is 12.6 Å². The van der Waals surface area contributed by atoms with E-state index in [0.717, 1.165) is 6.42 Å². The Labute approximate surface area is 107 Å².